The van der Waals surface area contributed by atoms with Crippen LogP contribution in [-0.2, 0) is 14.2 Å². The smallest absolute Gasteiger partial charge is 0.324 e. The summed E-state index contributed by atoms with van der Waals surface area (Å²) in [5.41, 5.74) is 0. The van der Waals surface area contributed by atoms with Crippen molar-refractivity contribution in [2.45, 2.75) is 13.8 Å². The quantitative estimate of drug-likeness (QED) is 0.682. The first kappa shape index (κ1) is 12.6. The Morgan fingerprint density at radius 2 is 2.27 bits per heavy atom. The Bertz CT molecular complexity index is 289. The van der Waals surface area contributed by atoms with E-state index in [0.29, 0.717) is 6.61 Å². The number of carbonyl (C=O) groups excluding carboxylic acids is 1. The van der Waals surface area contributed by atoms with Gasteiger partial charge in [-0.15, -0.1) is 0 Å². The third-order valence-corrected chi connectivity index (χ3v) is 3.27. The van der Waals surface area contributed by atoms with Crippen LogP contribution in [0.25, 0.3) is 0 Å². The fourth-order valence-electron chi connectivity index (χ4n) is 1.47. The van der Waals surface area contributed by atoms with Gasteiger partial charge < -0.3 is 9.79 Å². The average molecular weight is 237 g/mol. The zero-order valence-corrected chi connectivity index (χ0v) is 9.68. The number of nitrogens with zero attached hydrogens (tertiary/aromatic N) is 1. The molecule has 15 heavy (non-hydrogen) atoms. The van der Waals surface area contributed by atoms with E-state index in [9.17, 15) is 9.36 Å². The Balaban J connectivity index is 2.42. The molecule has 0 aromatic heterocycles. The third kappa shape index (κ3) is 3.91. The summed E-state index contributed by atoms with van der Waals surface area (Å²) >= 11 is 0. The summed E-state index contributed by atoms with van der Waals surface area (Å²) < 4.78 is 10.7. The van der Waals surface area contributed by atoms with Crippen LogP contribution in [0.2, 0.25) is 0 Å². The maximum Gasteiger partial charge on any atom is 0.325 e. The normalized spacial score (nSPS) is 24.7. The molecule has 88 valence electrons. The summed E-state index contributed by atoms with van der Waals surface area (Å²) in [5, 5.41) is 1.20. The standard InChI is InChI=1S/C8H16NO5P/c1-6(5-15(11,12)13)3-9-8(10)7(2)4-14-9/h6-7H,3-5H2,1-2H3,(H2,11,12,13). The molecule has 2 N–H and O–H groups in total. The van der Waals surface area contributed by atoms with Crippen molar-refractivity contribution in [2.24, 2.45) is 11.8 Å². The molecule has 2 atom stereocenters. The number of hydrogen-bond acceptors (Lipinski definition) is 3. The van der Waals surface area contributed by atoms with Crippen LogP contribution < -0.4 is 0 Å². The molecule has 1 saturated heterocycles. The summed E-state index contributed by atoms with van der Waals surface area (Å²) in [6.07, 6.45) is -0.228. The van der Waals surface area contributed by atoms with E-state index in [4.69, 9.17) is 14.6 Å². The van der Waals surface area contributed by atoms with Crippen molar-refractivity contribution in [2.75, 3.05) is 19.3 Å². The minimum atomic E-state index is -4.01. The highest BCUT2D eigenvalue weighted by Crippen LogP contribution is 2.37. The van der Waals surface area contributed by atoms with Gasteiger partial charge in [0.15, 0.2) is 0 Å². The van der Waals surface area contributed by atoms with Crippen molar-refractivity contribution in [3.63, 3.8) is 0 Å². The lowest BCUT2D eigenvalue weighted by molar-refractivity contribution is -0.164. The fraction of sp³-hybridized carbons (Fsp3) is 0.875. The molecular weight excluding hydrogens is 221 g/mol. The lowest BCUT2D eigenvalue weighted by Crippen LogP contribution is -2.31. The molecule has 1 aliphatic rings. The van der Waals surface area contributed by atoms with E-state index in [1.165, 1.54) is 5.06 Å². The molecule has 1 heterocycles. The first-order valence-corrected chi connectivity index (χ1v) is 6.58. The topological polar surface area (TPSA) is 87.1 Å². The van der Waals surface area contributed by atoms with Crippen molar-refractivity contribution >= 4 is 13.5 Å². The predicted molar refractivity (Wildman–Crippen MR) is 52.9 cm³/mol. The van der Waals surface area contributed by atoms with E-state index in [2.05, 4.69) is 0 Å². The zero-order chi connectivity index (χ0) is 11.6. The maximum atomic E-state index is 11.4. The molecule has 0 spiro atoms. The van der Waals surface area contributed by atoms with Gasteiger partial charge in [-0.05, 0) is 5.92 Å². The predicted octanol–water partition coefficient (Wildman–Crippen LogP) is 0.210. The molecule has 0 aromatic rings. The van der Waals surface area contributed by atoms with Crippen LogP contribution in [0.15, 0.2) is 0 Å². The zero-order valence-electron chi connectivity index (χ0n) is 8.79. The van der Waals surface area contributed by atoms with Crippen LogP contribution in [0, 0.1) is 11.8 Å². The largest absolute Gasteiger partial charge is 0.325 e. The van der Waals surface area contributed by atoms with Crippen molar-refractivity contribution in [3.05, 3.63) is 0 Å². The molecule has 0 bridgehead atoms. The molecule has 1 amide bonds. The van der Waals surface area contributed by atoms with Gasteiger partial charge in [-0.2, -0.15) is 0 Å². The molecule has 0 radical (unpaired) electrons. The Kier molecular flexibility index (Phi) is 3.89. The van der Waals surface area contributed by atoms with Gasteiger partial charge in [-0.3, -0.25) is 14.2 Å². The molecule has 1 rings (SSSR count). The Morgan fingerprint density at radius 3 is 2.67 bits per heavy atom. The lowest BCUT2D eigenvalue weighted by Gasteiger charge is -2.19. The number of carbonyl (C=O) groups is 1. The van der Waals surface area contributed by atoms with Gasteiger partial charge in [0, 0.05) is 0 Å². The summed E-state index contributed by atoms with van der Waals surface area (Å²) in [6, 6.07) is 0. The van der Waals surface area contributed by atoms with Crippen LogP contribution in [0.4, 0.5) is 0 Å². The summed E-state index contributed by atoms with van der Waals surface area (Å²) in [5.74, 6) is -0.556. The Morgan fingerprint density at radius 1 is 1.67 bits per heavy atom. The second kappa shape index (κ2) is 4.61. The van der Waals surface area contributed by atoms with E-state index in [1.54, 1.807) is 13.8 Å². The highest BCUT2D eigenvalue weighted by atomic mass is 31.2. The number of hydroxylamine groups is 2. The molecule has 1 fully saturated rings. The van der Waals surface area contributed by atoms with Crippen molar-refractivity contribution in [1.29, 1.82) is 0 Å². The van der Waals surface area contributed by atoms with E-state index in [-0.39, 0.29) is 30.4 Å². The van der Waals surface area contributed by atoms with Crippen molar-refractivity contribution in [3.8, 4) is 0 Å². The highest BCUT2D eigenvalue weighted by molar-refractivity contribution is 7.51. The first-order chi connectivity index (χ1) is 6.79. The van der Waals surface area contributed by atoms with E-state index in [1.807, 2.05) is 0 Å². The summed E-state index contributed by atoms with van der Waals surface area (Å²) in [6.45, 7) is 4.02. The van der Waals surface area contributed by atoms with Crippen molar-refractivity contribution in [1.82, 2.24) is 5.06 Å². The van der Waals surface area contributed by atoms with Crippen LogP contribution in [0.1, 0.15) is 13.8 Å². The minimum absolute atomic E-state index is 0.118. The van der Waals surface area contributed by atoms with Gasteiger partial charge in [0.1, 0.15) is 0 Å². The van der Waals surface area contributed by atoms with Crippen LogP contribution in [0.5, 0.6) is 0 Å². The monoisotopic (exact) mass is 237 g/mol. The second-order valence-electron chi connectivity index (χ2n) is 4.05. The number of amides is 1. The highest BCUT2D eigenvalue weighted by Gasteiger charge is 2.31. The Hall–Kier alpha value is -0.420. The molecular formula is C8H16NO5P. The van der Waals surface area contributed by atoms with Crippen LogP contribution >= 0.6 is 7.60 Å². The first-order valence-electron chi connectivity index (χ1n) is 4.78. The lowest BCUT2D eigenvalue weighted by atomic mass is 10.2. The number of rotatable bonds is 4. The van der Waals surface area contributed by atoms with E-state index >= 15 is 0 Å². The molecule has 6 nitrogen and oxygen atoms in total. The molecule has 2 unspecified atom stereocenters. The van der Waals surface area contributed by atoms with Gasteiger partial charge in [0.2, 0.25) is 0 Å². The molecule has 0 aromatic carbocycles. The van der Waals surface area contributed by atoms with Gasteiger partial charge in [-0.25, -0.2) is 5.06 Å². The van der Waals surface area contributed by atoms with Gasteiger partial charge in [0.25, 0.3) is 5.91 Å². The van der Waals surface area contributed by atoms with Crippen LogP contribution in [0.3, 0.4) is 0 Å². The maximum absolute atomic E-state index is 11.4. The van der Waals surface area contributed by atoms with Crippen LogP contribution in [-0.4, -0.2) is 40.1 Å². The molecule has 0 aliphatic carbocycles. The van der Waals surface area contributed by atoms with E-state index < -0.39 is 7.60 Å². The van der Waals surface area contributed by atoms with Gasteiger partial charge >= 0.3 is 7.60 Å². The van der Waals surface area contributed by atoms with Gasteiger partial charge in [-0.1, -0.05) is 13.8 Å². The molecule has 7 heteroatoms. The fourth-order valence-corrected chi connectivity index (χ4v) is 2.40. The number of hydrogen-bond donors (Lipinski definition) is 2. The average Bonchev–Trinajstić information content (AvgIpc) is 2.32. The third-order valence-electron chi connectivity index (χ3n) is 2.17. The summed E-state index contributed by atoms with van der Waals surface area (Å²) in [4.78, 5) is 34.0. The van der Waals surface area contributed by atoms with E-state index in [0.717, 1.165) is 0 Å². The molecule has 0 saturated carbocycles. The Labute approximate surface area is 88.3 Å². The van der Waals surface area contributed by atoms with Gasteiger partial charge in [0.05, 0.1) is 25.2 Å². The van der Waals surface area contributed by atoms with Crippen molar-refractivity contribution < 1.29 is 24.0 Å². The SMILES string of the molecule is CC(CN1OCC(C)C1=O)CP(=O)(O)O. The minimum Gasteiger partial charge on any atom is -0.324 e. The second-order valence-corrected chi connectivity index (χ2v) is 5.74. The summed E-state index contributed by atoms with van der Waals surface area (Å²) in [7, 11) is -4.01. The molecule has 1 aliphatic heterocycles.